The summed E-state index contributed by atoms with van der Waals surface area (Å²) in [5.41, 5.74) is 0.757. The molecule has 2 unspecified atom stereocenters. The average molecular weight is 267 g/mol. The van der Waals surface area contributed by atoms with Crippen molar-refractivity contribution in [2.24, 2.45) is 0 Å². The molecule has 0 saturated carbocycles. The number of benzene rings is 1. The van der Waals surface area contributed by atoms with Crippen LogP contribution in [0.15, 0.2) is 18.2 Å². The number of rotatable bonds is 3. The van der Waals surface area contributed by atoms with E-state index >= 15 is 0 Å². The van der Waals surface area contributed by atoms with Gasteiger partial charge in [0.05, 0.1) is 12.8 Å². The van der Waals surface area contributed by atoms with Gasteiger partial charge in [0.1, 0.15) is 11.9 Å². The lowest BCUT2D eigenvalue weighted by molar-refractivity contribution is -0.156. The van der Waals surface area contributed by atoms with Gasteiger partial charge in [-0.15, -0.1) is 0 Å². The third-order valence-electron chi connectivity index (χ3n) is 2.72. The molecule has 0 fully saturated rings. The molecule has 7 nitrogen and oxygen atoms in total. The molecule has 0 spiro atoms. The minimum atomic E-state index is -1.68. The molecule has 102 valence electrons. The van der Waals surface area contributed by atoms with Crippen LogP contribution in [-0.2, 0) is 14.3 Å². The van der Waals surface area contributed by atoms with Crippen LogP contribution >= 0.6 is 0 Å². The Morgan fingerprint density at radius 2 is 2.21 bits per heavy atom. The molecule has 2 rings (SSSR count). The summed E-state index contributed by atoms with van der Waals surface area (Å²) in [4.78, 5) is 22.2. The maximum atomic E-state index is 11.1. The molecule has 0 bridgehead atoms. The van der Waals surface area contributed by atoms with Gasteiger partial charge >= 0.3 is 5.97 Å². The Balaban J connectivity index is 2.22. The number of nitrogens with one attached hydrogen (secondary N) is 1. The van der Waals surface area contributed by atoms with E-state index in [0.717, 1.165) is 7.11 Å². The van der Waals surface area contributed by atoms with Crippen LogP contribution in [0, 0.1) is 0 Å². The minimum Gasteiger partial charge on any atom is -0.482 e. The van der Waals surface area contributed by atoms with Crippen LogP contribution in [0.3, 0.4) is 0 Å². The quantitative estimate of drug-likeness (QED) is 0.643. The summed E-state index contributed by atoms with van der Waals surface area (Å²) in [7, 11) is 1.11. The van der Waals surface area contributed by atoms with Gasteiger partial charge in [-0.05, 0) is 17.7 Å². The van der Waals surface area contributed by atoms with Gasteiger partial charge in [0, 0.05) is 0 Å². The lowest BCUT2D eigenvalue weighted by Gasteiger charge is -2.21. The van der Waals surface area contributed by atoms with Gasteiger partial charge in [-0.1, -0.05) is 6.07 Å². The first-order chi connectivity index (χ1) is 9.02. The summed E-state index contributed by atoms with van der Waals surface area (Å²) in [6, 6.07) is 4.45. The van der Waals surface area contributed by atoms with Crippen LogP contribution in [0.1, 0.15) is 11.7 Å². The van der Waals surface area contributed by atoms with Crippen molar-refractivity contribution < 1.29 is 29.3 Å². The number of amides is 1. The topological polar surface area (TPSA) is 105 Å². The van der Waals surface area contributed by atoms with Gasteiger partial charge in [0.2, 0.25) is 0 Å². The Bertz CT molecular complexity index is 515. The molecule has 0 aromatic heterocycles. The molecule has 3 N–H and O–H groups in total. The van der Waals surface area contributed by atoms with Crippen molar-refractivity contribution in [3.63, 3.8) is 0 Å². The SMILES string of the molecule is COC(=O)C(O)C(O)c1ccc2c(c1)OCC(=O)N2. The molecular formula is C12H13NO6. The summed E-state index contributed by atoms with van der Waals surface area (Å²) < 4.78 is 9.52. The maximum Gasteiger partial charge on any atom is 0.337 e. The summed E-state index contributed by atoms with van der Waals surface area (Å²) >= 11 is 0. The number of ether oxygens (including phenoxy) is 2. The van der Waals surface area contributed by atoms with Crippen LogP contribution in [-0.4, -0.2) is 41.9 Å². The fourth-order valence-corrected chi connectivity index (χ4v) is 1.71. The average Bonchev–Trinajstić information content (AvgIpc) is 2.44. The highest BCUT2D eigenvalue weighted by Crippen LogP contribution is 2.31. The Hall–Kier alpha value is -2.12. The minimum absolute atomic E-state index is 0.119. The maximum absolute atomic E-state index is 11.1. The number of esters is 1. The number of carbonyl (C=O) groups excluding carboxylic acids is 2. The summed E-state index contributed by atoms with van der Waals surface area (Å²) in [5, 5.41) is 22.0. The molecule has 1 aliphatic heterocycles. The van der Waals surface area contributed by atoms with Gasteiger partial charge in [-0.3, -0.25) is 4.79 Å². The Kier molecular flexibility index (Phi) is 3.68. The van der Waals surface area contributed by atoms with E-state index in [9.17, 15) is 19.8 Å². The standard InChI is InChI=1S/C12H13NO6/c1-18-12(17)11(16)10(15)6-2-3-7-8(4-6)19-5-9(14)13-7/h2-4,10-11,15-16H,5H2,1H3,(H,13,14). The summed E-state index contributed by atoms with van der Waals surface area (Å²) in [6.07, 6.45) is -3.11. The molecule has 1 aromatic carbocycles. The summed E-state index contributed by atoms with van der Waals surface area (Å²) in [6.45, 7) is -0.119. The second-order valence-electron chi connectivity index (χ2n) is 4.01. The number of anilines is 1. The Morgan fingerprint density at radius 1 is 1.47 bits per heavy atom. The number of carbonyl (C=O) groups is 2. The molecule has 1 aromatic rings. The van der Waals surface area contributed by atoms with Crippen molar-refractivity contribution in [2.75, 3.05) is 19.0 Å². The fourth-order valence-electron chi connectivity index (χ4n) is 1.71. The first-order valence-electron chi connectivity index (χ1n) is 5.53. The van der Waals surface area contributed by atoms with Gasteiger partial charge in [0.25, 0.3) is 5.91 Å². The van der Waals surface area contributed by atoms with Crippen LogP contribution in [0.5, 0.6) is 5.75 Å². The third kappa shape index (κ3) is 2.67. The summed E-state index contributed by atoms with van der Waals surface area (Å²) in [5.74, 6) is -0.831. The van der Waals surface area contributed by atoms with Crippen molar-refractivity contribution >= 4 is 17.6 Å². The molecule has 0 aliphatic carbocycles. The van der Waals surface area contributed by atoms with E-state index < -0.39 is 18.2 Å². The number of aliphatic hydroxyl groups is 2. The number of methoxy groups -OCH3 is 1. The van der Waals surface area contributed by atoms with Crippen LogP contribution < -0.4 is 10.1 Å². The van der Waals surface area contributed by atoms with E-state index in [1.807, 2.05) is 0 Å². The predicted molar refractivity (Wildman–Crippen MR) is 63.5 cm³/mol. The van der Waals surface area contributed by atoms with Gasteiger partial charge in [0.15, 0.2) is 12.7 Å². The van der Waals surface area contributed by atoms with Crippen LogP contribution in [0.4, 0.5) is 5.69 Å². The lowest BCUT2D eigenvalue weighted by atomic mass is 10.0. The van der Waals surface area contributed by atoms with E-state index in [1.165, 1.54) is 18.2 Å². The zero-order valence-electron chi connectivity index (χ0n) is 10.1. The normalized spacial score (nSPS) is 16.7. The fraction of sp³-hybridized carbons (Fsp3) is 0.333. The molecule has 7 heteroatoms. The van der Waals surface area contributed by atoms with Crippen LogP contribution in [0.2, 0.25) is 0 Å². The number of hydrogen-bond acceptors (Lipinski definition) is 6. The molecule has 2 atom stereocenters. The highest BCUT2D eigenvalue weighted by atomic mass is 16.5. The molecule has 1 heterocycles. The van der Waals surface area contributed by atoms with E-state index in [0.29, 0.717) is 11.4 Å². The number of fused-ring (bicyclic) bond motifs is 1. The van der Waals surface area contributed by atoms with Crippen molar-refractivity contribution in [1.82, 2.24) is 0 Å². The van der Waals surface area contributed by atoms with Gasteiger partial charge < -0.3 is 25.0 Å². The van der Waals surface area contributed by atoms with Gasteiger partial charge in [-0.2, -0.15) is 0 Å². The highest BCUT2D eigenvalue weighted by Gasteiger charge is 2.27. The first kappa shape index (κ1) is 13.3. The van der Waals surface area contributed by atoms with Crippen molar-refractivity contribution in [3.8, 4) is 5.75 Å². The van der Waals surface area contributed by atoms with E-state index in [1.54, 1.807) is 0 Å². The molecule has 1 aliphatic rings. The monoisotopic (exact) mass is 267 g/mol. The third-order valence-corrected chi connectivity index (χ3v) is 2.72. The molecule has 19 heavy (non-hydrogen) atoms. The predicted octanol–water partition coefficient (Wildman–Crippen LogP) is -0.415. The van der Waals surface area contributed by atoms with Crippen LogP contribution in [0.25, 0.3) is 0 Å². The molecule has 0 radical (unpaired) electrons. The van der Waals surface area contributed by atoms with Crippen molar-refractivity contribution in [3.05, 3.63) is 23.8 Å². The highest BCUT2D eigenvalue weighted by molar-refractivity contribution is 5.95. The Morgan fingerprint density at radius 3 is 2.89 bits per heavy atom. The van der Waals surface area contributed by atoms with E-state index in [2.05, 4.69) is 10.1 Å². The Labute approximate surface area is 108 Å². The largest absolute Gasteiger partial charge is 0.482 e. The van der Waals surface area contributed by atoms with Gasteiger partial charge in [-0.25, -0.2) is 4.79 Å². The van der Waals surface area contributed by atoms with Crippen molar-refractivity contribution in [1.29, 1.82) is 0 Å². The second kappa shape index (κ2) is 5.25. The second-order valence-corrected chi connectivity index (χ2v) is 4.01. The zero-order valence-corrected chi connectivity index (χ0v) is 10.1. The lowest BCUT2D eigenvalue weighted by Crippen LogP contribution is -2.29. The molecular weight excluding hydrogens is 254 g/mol. The number of hydrogen-bond donors (Lipinski definition) is 3. The zero-order chi connectivity index (χ0) is 14.0. The van der Waals surface area contributed by atoms with E-state index in [-0.39, 0.29) is 18.1 Å². The molecule has 0 saturated heterocycles. The number of aliphatic hydroxyl groups excluding tert-OH is 2. The first-order valence-corrected chi connectivity index (χ1v) is 5.53. The molecule has 1 amide bonds. The van der Waals surface area contributed by atoms with Crippen molar-refractivity contribution in [2.45, 2.75) is 12.2 Å². The smallest absolute Gasteiger partial charge is 0.337 e. The van der Waals surface area contributed by atoms with E-state index in [4.69, 9.17) is 4.74 Å².